The van der Waals surface area contributed by atoms with Crippen LogP contribution in [-0.2, 0) is 22.4 Å². The Hall–Kier alpha value is -1.11. The van der Waals surface area contributed by atoms with E-state index >= 15 is 0 Å². The first-order chi connectivity index (χ1) is 8.63. The van der Waals surface area contributed by atoms with Crippen molar-refractivity contribution in [2.24, 2.45) is 0 Å². The molecule has 0 spiro atoms. The molecule has 1 aliphatic rings. The highest BCUT2D eigenvalue weighted by Crippen LogP contribution is 2.07. The highest BCUT2D eigenvalue weighted by molar-refractivity contribution is 6.30. The van der Waals surface area contributed by atoms with Gasteiger partial charge in [0.15, 0.2) is 0 Å². The van der Waals surface area contributed by atoms with E-state index in [0.29, 0.717) is 31.8 Å². The summed E-state index contributed by atoms with van der Waals surface area (Å²) in [5.74, 6) is 0. The number of halogens is 1. The zero-order chi connectivity index (χ0) is 13.1. The van der Waals surface area contributed by atoms with Crippen LogP contribution in [0.25, 0.3) is 0 Å². The second-order valence-corrected chi connectivity index (χ2v) is 4.44. The molecular formula is C11H15ClN2O4. The maximum atomic E-state index is 12.1. The van der Waals surface area contributed by atoms with Crippen molar-refractivity contribution in [2.45, 2.75) is 26.0 Å². The van der Waals surface area contributed by atoms with Gasteiger partial charge in [-0.25, -0.2) is 4.79 Å². The molecule has 1 unspecified atom stereocenters. The predicted molar refractivity (Wildman–Crippen MR) is 66.3 cm³/mol. The Bertz CT molecular complexity index is 531. The third kappa shape index (κ3) is 2.66. The molecule has 18 heavy (non-hydrogen) atoms. The fraction of sp³-hybridized carbons (Fsp3) is 0.636. The lowest BCUT2D eigenvalue weighted by molar-refractivity contribution is -0.0942. The average Bonchev–Trinajstić information content (AvgIpc) is 2.36. The fourth-order valence-corrected chi connectivity index (χ4v) is 2.20. The third-order valence-electron chi connectivity index (χ3n) is 2.85. The van der Waals surface area contributed by atoms with Gasteiger partial charge in [0.2, 0.25) is 0 Å². The minimum absolute atomic E-state index is 0.115. The molecule has 100 valence electrons. The number of ether oxygens (including phenoxy) is 2. The molecule has 0 saturated carbocycles. The second-order valence-electron chi connectivity index (χ2n) is 4.06. The maximum absolute atomic E-state index is 12.1. The first-order valence-electron chi connectivity index (χ1n) is 5.84. The molecule has 1 fully saturated rings. The van der Waals surface area contributed by atoms with Gasteiger partial charge in [-0.3, -0.25) is 14.3 Å². The molecule has 1 atom stereocenters. The van der Waals surface area contributed by atoms with Gasteiger partial charge in [-0.1, -0.05) is 18.5 Å². The molecule has 2 rings (SSSR count). The molecule has 0 amide bonds. The molecule has 0 aliphatic carbocycles. The van der Waals surface area contributed by atoms with E-state index in [4.69, 9.17) is 21.1 Å². The van der Waals surface area contributed by atoms with Crippen molar-refractivity contribution in [1.82, 2.24) is 9.55 Å². The Labute approximate surface area is 108 Å². The first kappa shape index (κ1) is 13.3. The Kier molecular flexibility index (Phi) is 4.21. The summed E-state index contributed by atoms with van der Waals surface area (Å²) in [6.07, 6.45) is 0.194. The van der Waals surface area contributed by atoms with Crippen molar-refractivity contribution in [2.75, 3.05) is 19.8 Å². The van der Waals surface area contributed by atoms with Crippen molar-refractivity contribution in [3.8, 4) is 0 Å². The standard InChI is InChI=1S/C11H15ClN2O4/c1-2-8-9(12)13-11(16)14(10(8)15)5-7-6-17-3-4-18-7/h7H,2-6H2,1H3,(H,13,16). The average molecular weight is 275 g/mol. The summed E-state index contributed by atoms with van der Waals surface area (Å²) < 4.78 is 11.8. The summed E-state index contributed by atoms with van der Waals surface area (Å²) in [6, 6.07) is 0. The number of H-pyrrole nitrogens is 1. The SMILES string of the molecule is CCc1c(Cl)[nH]c(=O)n(CC2COCCO2)c1=O. The van der Waals surface area contributed by atoms with Crippen LogP contribution in [-0.4, -0.2) is 35.5 Å². The van der Waals surface area contributed by atoms with Gasteiger partial charge < -0.3 is 9.47 Å². The van der Waals surface area contributed by atoms with E-state index in [9.17, 15) is 9.59 Å². The molecule has 0 bridgehead atoms. The van der Waals surface area contributed by atoms with Crippen LogP contribution in [0, 0.1) is 0 Å². The van der Waals surface area contributed by atoms with Gasteiger partial charge in [0.05, 0.1) is 38.0 Å². The van der Waals surface area contributed by atoms with E-state index in [1.54, 1.807) is 0 Å². The summed E-state index contributed by atoms with van der Waals surface area (Å²) in [7, 11) is 0. The van der Waals surface area contributed by atoms with Crippen LogP contribution in [0.15, 0.2) is 9.59 Å². The van der Waals surface area contributed by atoms with Crippen LogP contribution in [0.2, 0.25) is 5.15 Å². The van der Waals surface area contributed by atoms with Gasteiger partial charge >= 0.3 is 5.69 Å². The highest BCUT2D eigenvalue weighted by atomic mass is 35.5. The summed E-state index contributed by atoms with van der Waals surface area (Å²) in [6.45, 7) is 3.40. The quantitative estimate of drug-likeness (QED) is 0.798. The number of aromatic nitrogens is 2. The maximum Gasteiger partial charge on any atom is 0.329 e. The van der Waals surface area contributed by atoms with E-state index < -0.39 is 5.69 Å². The molecule has 0 aromatic carbocycles. The number of hydrogen-bond donors (Lipinski definition) is 1. The summed E-state index contributed by atoms with van der Waals surface area (Å²) in [4.78, 5) is 26.3. The van der Waals surface area contributed by atoms with Crippen molar-refractivity contribution >= 4 is 11.6 Å². The molecule has 1 aliphatic heterocycles. The smallest absolute Gasteiger partial charge is 0.329 e. The van der Waals surface area contributed by atoms with Gasteiger partial charge in [0.25, 0.3) is 5.56 Å². The minimum Gasteiger partial charge on any atom is -0.376 e. The molecule has 1 aromatic rings. The second kappa shape index (κ2) is 5.69. The Balaban J connectivity index is 2.32. The third-order valence-corrected chi connectivity index (χ3v) is 3.18. The fourth-order valence-electron chi connectivity index (χ4n) is 1.90. The van der Waals surface area contributed by atoms with Crippen LogP contribution < -0.4 is 11.2 Å². The minimum atomic E-state index is -0.517. The van der Waals surface area contributed by atoms with Crippen LogP contribution >= 0.6 is 11.6 Å². The molecule has 1 saturated heterocycles. The van der Waals surface area contributed by atoms with Gasteiger partial charge in [-0.2, -0.15) is 0 Å². The van der Waals surface area contributed by atoms with Crippen LogP contribution in [0.5, 0.6) is 0 Å². The number of rotatable bonds is 3. The van der Waals surface area contributed by atoms with E-state index in [1.807, 2.05) is 6.92 Å². The predicted octanol–water partition coefficient (Wildman–Crippen LogP) is 0.168. The molecule has 7 heteroatoms. The molecule has 1 aromatic heterocycles. The molecular weight excluding hydrogens is 260 g/mol. The van der Waals surface area contributed by atoms with Gasteiger partial charge in [-0.15, -0.1) is 0 Å². The van der Waals surface area contributed by atoms with Crippen LogP contribution in [0.1, 0.15) is 12.5 Å². The van der Waals surface area contributed by atoms with E-state index in [1.165, 1.54) is 0 Å². The normalized spacial score (nSPS) is 20.0. The lowest BCUT2D eigenvalue weighted by Gasteiger charge is -2.23. The number of hydrogen-bond acceptors (Lipinski definition) is 4. The van der Waals surface area contributed by atoms with Gasteiger partial charge in [0.1, 0.15) is 5.15 Å². The lowest BCUT2D eigenvalue weighted by Crippen LogP contribution is -2.43. The zero-order valence-corrected chi connectivity index (χ0v) is 10.8. The van der Waals surface area contributed by atoms with Crippen molar-refractivity contribution in [3.63, 3.8) is 0 Å². The zero-order valence-electron chi connectivity index (χ0n) is 10.1. The number of nitrogens with zero attached hydrogens (tertiary/aromatic N) is 1. The Morgan fingerprint density at radius 3 is 2.83 bits per heavy atom. The summed E-state index contributed by atoms with van der Waals surface area (Å²) >= 11 is 5.82. The van der Waals surface area contributed by atoms with Gasteiger partial charge in [0, 0.05) is 0 Å². The van der Waals surface area contributed by atoms with E-state index in [2.05, 4.69) is 4.98 Å². The Morgan fingerprint density at radius 2 is 2.22 bits per heavy atom. The molecule has 2 heterocycles. The first-order valence-corrected chi connectivity index (χ1v) is 6.22. The number of aromatic amines is 1. The largest absolute Gasteiger partial charge is 0.376 e. The molecule has 1 N–H and O–H groups in total. The topological polar surface area (TPSA) is 73.3 Å². The number of nitrogens with one attached hydrogen (secondary N) is 1. The van der Waals surface area contributed by atoms with Crippen molar-refractivity contribution < 1.29 is 9.47 Å². The highest BCUT2D eigenvalue weighted by Gasteiger charge is 2.18. The van der Waals surface area contributed by atoms with E-state index in [0.717, 1.165) is 4.57 Å². The van der Waals surface area contributed by atoms with Crippen molar-refractivity contribution in [1.29, 1.82) is 0 Å². The molecule has 6 nitrogen and oxygen atoms in total. The molecule has 0 radical (unpaired) electrons. The van der Waals surface area contributed by atoms with Gasteiger partial charge in [-0.05, 0) is 6.42 Å². The van der Waals surface area contributed by atoms with Crippen molar-refractivity contribution in [3.05, 3.63) is 31.6 Å². The van der Waals surface area contributed by atoms with Crippen LogP contribution in [0.3, 0.4) is 0 Å². The summed E-state index contributed by atoms with van der Waals surface area (Å²) in [5, 5.41) is 0.115. The monoisotopic (exact) mass is 274 g/mol. The van der Waals surface area contributed by atoms with E-state index in [-0.39, 0.29) is 23.4 Å². The summed E-state index contributed by atoms with van der Waals surface area (Å²) in [5.41, 5.74) is -0.468. The van der Waals surface area contributed by atoms with Crippen LogP contribution in [0.4, 0.5) is 0 Å². The Morgan fingerprint density at radius 1 is 1.44 bits per heavy atom. The lowest BCUT2D eigenvalue weighted by atomic mass is 10.2.